The van der Waals surface area contributed by atoms with Crippen LogP contribution in [-0.4, -0.2) is 0 Å². The predicted molar refractivity (Wildman–Crippen MR) is 73.7 cm³/mol. The van der Waals surface area contributed by atoms with Gasteiger partial charge in [-0.05, 0) is 67.6 Å². The molecule has 3 saturated carbocycles. The van der Waals surface area contributed by atoms with E-state index in [1.165, 1.54) is 44.9 Å². The van der Waals surface area contributed by atoms with Crippen LogP contribution in [0.3, 0.4) is 0 Å². The second kappa shape index (κ2) is 4.44. The molecule has 0 N–H and O–H groups in total. The van der Waals surface area contributed by atoms with Crippen molar-refractivity contribution >= 4 is 0 Å². The van der Waals surface area contributed by atoms with Crippen molar-refractivity contribution in [1.82, 2.24) is 0 Å². The molecule has 0 bridgehead atoms. The van der Waals surface area contributed by atoms with Gasteiger partial charge in [0.15, 0.2) is 0 Å². The van der Waals surface area contributed by atoms with Gasteiger partial charge in [-0.1, -0.05) is 38.8 Å². The van der Waals surface area contributed by atoms with Crippen LogP contribution in [0.4, 0.5) is 0 Å². The van der Waals surface area contributed by atoms with E-state index in [9.17, 15) is 0 Å². The van der Waals surface area contributed by atoms with Crippen LogP contribution >= 0.6 is 0 Å². The fourth-order valence-corrected chi connectivity index (χ4v) is 5.09. The predicted octanol–water partition coefficient (Wildman–Crippen LogP) is 5.05. The van der Waals surface area contributed by atoms with Gasteiger partial charge < -0.3 is 0 Å². The summed E-state index contributed by atoms with van der Waals surface area (Å²) >= 11 is 0. The molecule has 0 aliphatic heterocycles. The number of rotatable bonds is 0. The van der Waals surface area contributed by atoms with Gasteiger partial charge in [0.05, 0.1) is 0 Å². The molecule has 0 aromatic heterocycles. The van der Waals surface area contributed by atoms with Crippen molar-refractivity contribution in [2.24, 2.45) is 35.5 Å². The lowest BCUT2D eigenvalue weighted by atomic mass is 9.56. The Hall–Kier alpha value is -0.260. The molecule has 3 aliphatic carbocycles. The zero-order chi connectivity index (χ0) is 12.0. The van der Waals surface area contributed by atoms with Gasteiger partial charge in [0.25, 0.3) is 0 Å². The average molecular weight is 232 g/mol. The minimum absolute atomic E-state index is 0.897. The van der Waals surface area contributed by atoms with Gasteiger partial charge in [0.2, 0.25) is 0 Å². The molecule has 0 aromatic carbocycles. The van der Waals surface area contributed by atoms with Crippen molar-refractivity contribution < 1.29 is 0 Å². The average Bonchev–Trinajstić information content (AvgIpc) is 2.30. The van der Waals surface area contributed by atoms with E-state index in [1.807, 2.05) is 0 Å². The van der Waals surface area contributed by atoms with Gasteiger partial charge in [-0.25, -0.2) is 0 Å². The van der Waals surface area contributed by atoms with E-state index in [0.29, 0.717) is 0 Å². The first kappa shape index (κ1) is 11.8. The highest BCUT2D eigenvalue weighted by Gasteiger charge is 2.43. The molecule has 17 heavy (non-hydrogen) atoms. The Labute approximate surface area is 107 Å². The van der Waals surface area contributed by atoms with Crippen LogP contribution in [0.15, 0.2) is 12.2 Å². The van der Waals surface area contributed by atoms with Crippen molar-refractivity contribution in [3.05, 3.63) is 12.2 Å². The molecule has 0 aromatic rings. The molecule has 3 fully saturated rings. The molecule has 6 unspecified atom stereocenters. The normalized spacial score (nSPS) is 50.6. The number of allylic oxidation sites excluding steroid dienone is 1. The highest BCUT2D eigenvalue weighted by Crippen LogP contribution is 2.53. The van der Waals surface area contributed by atoms with E-state index in [1.54, 1.807) is 5.57 Å². The third-order valence-corrected chi connectivity index (χ3v) is 6.06. The summed E-state index contributed by atoms with van der Waals surface area (Å²) < 4.78 is 0. The highest BCUT2D eigenvalue weighted by atomic mass is 14.5. The molecule has 0 saturated heterocycles. The lowest BCUT2D eigenvalue weighted by molar-refractivity contribution is 0.0765. The third kappa shape index (κ3) is 2.09. The molecule has 0 heteroatoms. The Balaban J connectivity index is 1.77. The van der Waals surface area contributed by atoms with Crippen LogP contribution in [0.5, 0.6) is 0 Å². The fourth-order valence-electron chi connectivity index (χ4n) is 5.09. The van der Waals surface area contributed by atoms with Crippen molar-refractivity contribution in [3.63, 3.8) is 0 Å². The first-order chi connectivity index (χ1) is 8.15. The lowest BCUT2D eigenvalue weighted by Crippen LogP contribution is -2.39. The molecule has 6 atom stereocenters. The van der Waals surface area contributed by atoms with E-state index < -0.39 is 0 Å². The van der Waals surface area contributed by atoms with E-state index in [4.69, 9.17) is 0 Å². The van der Waals surface area contributed by atoms with Gasteiger partial charge >= 0.3 is 0 Å². The van der Waals surface area contributed by atoms with Gasteiger partial charge in [-0.3, -0.25) is 0 Å². The molecule has 0 amide bonds. The van der Waals surface area contributed by atoms with Crippen LogP contribution in [0.2, 0.25) is 0 Å². The quantitative estimate of drug-likeness (QED) is 0.513. The van der Waals surface area contributed by atoms with Gasteiger partial charge in [-0.2, -0.15) is 0 Å². The van der Waals surface area contributed by atoms with Crippen LogP contribution in [0.25, 0.3) is 0 Å². The summed E-state index contributed by atoms with van der Waals surface area (Å²) in [5.41, 5.74) is 1.67. The first-order valence-electron chi connectivity index (χ1n) is 7.83. The Kier molecular flexibility index (Phi) is 3.09. The van der Waals surface area contributed by atoms with Crippen LogP contribution in [-0.2, 0) is 0 Å². The minimum atomic E-state index is 0.897. The SMILES string of the molecule is C=C1C2CCC(C)CC2CC2CCC(C)CC12. The Morgan fingerprint density at radius 3 is 2.29 bits per heavy atom. The molecule has 0 radical (unpaired) electrons. The third-order valence-electron chi connectivity index (χ3n) is 6.06. The van der Waals surface area contributed by atoms with Gasteiger partial charge in [0.1, 0.15) is 0 Å². The second-order valence-corrected chi connectivity index (χ2v) is 7.38. The summed E-state index contributed by atoms with van der Waals surface area (Å²) in [5, 5.41) is 0. The molecule has 96 valence electrons. The van der Waals surface area contributed by atoms with Crippen molar-refractivity contribution in [2.75, 3.05) is 0 Å². The van der Waals surface area contributed by atoms with Crippen LogP contribution < -0.4 is 0 Å². The maximum Gasteiger partial charge on any atom is -0.0172 e. The summed E-state index contributed by atoms with van der Waals surface area (Å²) in [6.07, 6.45) is 10.3. The monoisotopic (exact) mass is 232 g/mol. The first-order valence-corrected chi connectivity index (χ1v) is 7.83. The molecular formula is C17H28. The lowest BCUT2D eigenvalue weighted by Gasteiger charge is -2.50. The van der Waals surface area contributed by atoms with E-state index >= 15 is 0 Å². The molecule has 0 heterocycles. The van der Waals surface area contributed by atoms with Gasteiger partial charge in [0, 0.05) is 0 Å². The zero-order valence-electron chi connectivity index (χ0n) is 11.6. The van der Waals surface area contributed by atoms with Crippen LogP contribution in [0, 0.1) is 35.5 Å². The maximum atomic E-state index is 4.54. The summed E-state index contributed by atoms with van der Waals surface area (Å²) in [6.45, 7) is 9.44. The number of fused-ring (bicyclic) bond motifs is 2. The molecule has 0 spiro atoms. The molecule has 3 aliphatic rings. The van der Waals surface area contributed by atoms with Crippen molar-refractivity contribution in [1.29, 1.82) is 0 Å². The van der Waals surface area contributed by atoms with E-state index in [2.05, 4.69) is 20.4 Å². The Bertz CT molecular complexity index is 303. The standard InChI is InChI=1S/C17H28/c1-11-5-7-16-13(3)17-9-12(2)4-6-14(17)10-15(16)8-11/h11-12,14-17H,3-10H2,1-2H3. The number of hydrogen-bond donors (Lipinski definition) is 0. The largest absolute Gasteiger partial charge is 0.0993 e. The van der Waals surface area contributed by atoms with E-state index in [-0.39, 0.29) is 0 Å². The summed E-state index contributed by atoms with van der Waals surface area (Å²) in [4.78, 5) is 0. The maximum absolute atomic E-state index is 4.54. The van der Waals surface area contributed by atoms with Crippen molar-refractivity contribution in [2.45, 2.75) is 58.8 Å². The summed E-state index contributed by atoms with van der Waals surface area (Å²) in [7, 11) is 0. The van der Waals surface area contributed by atoms with E-state index in [0.717, 1.165) is 35.5 Å². The summed E-state index contributed by atoms with van der Waals surface area (Å²) in [6, 6.07) is 0. The second-order valence-electron chi connectivity index (χ2n) is 7.38. The Morgan fingerprint density at radius 2 is 1.47 bits per heavy atom. The van der Waals surface area contributed by atoms with Crippen LogP contribution in [0.1, 0.15) is 58.8 Å². The molecule has 3 rings (SSSR count). The smallest absolute Gasteiger partial charge is 0.0172 e. The highest BCUT2D eigenvalue weighted by molar-refractivity contribution is 5.15. The minimum Gasteiger partial charge on any atom is -0.0993 e. The molecule has 0 nitrogen and oxygen atoms in total. The molecular weight excluding hydrogens is 204 g/mol. The fraction of sp³-hybridized carbons (Fsp3) is 0.882. The topological polar surface area (TPSA) is 0 Å². The van der Waals surface area contributed by atoms with Crippen molar-refractivity contribution in [3.8, 4) is 0 Å². The zero-order valence-corrected chi connectivity index (χ0v) is 11.6. The number of hydrogen-bond acceptors (Lipinski definition) is 0. The van der Waals surface area contributed by atoms with Gasteiger partial charge in [-0.15, -0.1) is 0 Å². The summed E-state index contributed by atoms with van der Waals surface area (Å²) in [5.74, 6) is 5.73. The Morgan fingerprint density at radius 1 is 0.765 bits per heavy atom.